The first kappa shape index (κ1) is 14.3. The Morgan fingerprint density at radius 2 is 1.52 bits per heavy atom. The standard InChI is InChI=1S/C19H24N2/c20-14-15-6-8-17(9-7-15)19(16-4-2-1-3-5-16)18-10-12-21-13-11-18/h1-9,18-19,21H,10-14,20H2. The molecule has 1 heterocycles. The van der Waals surface area contributed by atoms with Crippen molar-refractivity contribution in [2.24, 2.45) is 11.7 Å². The normalized spacial score (nSPS) is 17.6. The van der Waals surface area contributed by atoms with Crippen molar-refractivity contribution in [3.05, 3.63) is 71.3 Å². The molecule has 3 rings (SSSR count). The minimum atomic E-state index is 0.500. The molecule has 0 bridgehead atoms. The molecule has 0 spiro atoms. The number of benzene rings is 2. The van der Waals surface area contributed by atoms with Crippen molar-refractivity contribution in [2.75, 3.05) is 13.1 Å². The van der Waals surface area contributed by atoms with Gasteiger partial charge in [0, 0.05) is 12.5 Å². The largest absolute Gasteiger partial charge is 0.326 e. The Morgan fingerprint density at radius 1 is 0.905 bits per heavy atom. The Kier molecular flexibility index (Phi) is 4.69. The molecule has 2 aromatic carbocycles. The molecule has 3 N–H and O–H groups in total. The van der Waals surface area contributed by atoms with Crippen molar-refractivity contribution in [3.63, 3.8) is 0 Å². The van der Waals surface area contributed by atoms with Gasteiger partial charge < -0.3 is 11.1 Å². The fourth-order valence-electron chi connectivity index (χ4n) is 3.44. The van der Waals surface area contributed by atoms with Crippen LogP contribution < -0.4 is 11.1 Å². The van der Waals surface area contributed by atoms with Crippen LogP contribution in [0.3, 0.4) is 0 Å². The Labute approximate surface area is 127 Å². The molecule has 110 valence electrons. The molecule has 1 atom stereocenters. The van der Waals surface area contributed by atoms with Crippen molar-refractivity contribution in [3.8, 4) is 0 Å². The van der Waals surface area contributed by atoms with Crippen LogP contribution in [-0.4, -0.2) is 13.1 Å². The lowest BCUT2D eigenvalue weighted by atomic mass is 9.76. The van der Waals surface area contributed by atoms with E-state index < -0.39 is 0 Å². The van der Waals surface area contributed by atoms with Gasteiger partial charge in [-0.25, -0.2) is 0 Å². The van der Waals surface area contributed by atoms with E-state index in [0.717, 1.165) is 19.0 Å². The zero-order chi connectivity index (χ0) is 14.5. The van der Waals surface area contributed by atoms with E-state index >= 15 is 0 Å². The summed E-state index contributed by atoms with van der Waals surface area (Å²) in [5, 5.41) is 3.47. The van der Waals surface area contributed by atoms with Crippen LogP contribution in [0.5, 0.6) is 0 Å². The Morgan fingerprint density at radius 3 is 2.14 bits per heavy atom. The summed E-state index contributed by atoms with van der Waals surface area (Å²) in [5.74, 6) is 1.22. The van der Waals surface area contributed by atoms with Crippen LogP contribution in [0.25, 0.3) is 0 Å². The number of nitrogens with two attached hydrogens (primary N) is 1. The van der Waals surface area contributed by atoms with E-state index in [2.05, 4.69) is 59.9 Å². The van der Waals surface area contributed by atoms with Gasteiger partial charge in [-0.3, -0.25) is 0 Å². The maximum absolute atomic E-state index is 5.72. The lowest BCUT2D eigenvalue weighted by molar-refractivity contribution is 0.342. The number of hydrogen-bond donors (Lipinski definition) is 2. The summed E-state index contributed by atoms with van der Waals surface area (Å²) in [6.45, 7) is 2.88. The van der Waals surface area contributed by atoms with Crippen molar-refractivity contribution < 1.29 is 0 Å². The van der Waals surface area contributed by atoms with Crippen LogP contribution in [0.2, 0.25) is 0 Å². The first-order chi connectivity index (χ1) is 10.4. The second-order valence-electron chi connectivity index (χ2n) is 5.92. The van der Waals surface area contributed by atoms with Crippen molar-refractivity contribution in [1.82, 2.24) is 5.32 Å². The van der Waals surface area contributed by atoms with Gasteiger partial charge in [-0.1, -0.05) is 54.6 Å². The molecule has 21 heavy (non-hydrogen) atoms. The van der Waals surface area contributed by atoms with Crippen LogP contribution in [0, 0.1) is 5.92 Å². The fraction of sp³-hybridized carbons (Fsp3) is 0.368. The predicted octanol–water partition coefficient (Wildman–Crippen LogP) is 3.28. The van der Waals surface area contributed by atoms with Gasteiger partial charge in [-0.2, -0.15) is 0 Å². The van der Waals surface area contributed by atoms with Crippen LogP contribution >= 0.6 is 0 Å². The highest BCUT2D eigenvalue weighted by Crippen LogP contribution is 2.36. The molecule has 2 aromatic rings. The van der Waals surface area contributed by atoms with Gasteiger partial charge in [0.1, 0.15) is 0 Å². The maximum atomic E-state index is 5.72. The summed E-state index contributed by atoms with van der Waals surface area (Å²) < 4.78 is 0. The van der Waals surface area contributed by atoms with Gasteiger partial charge in [0.05, 0.1) is 0 Å². The predicted molar refractivity (Wildman–Crippen MR) is 88.2 cm³/mol. The van der Waals surface area contributed by atoms with Crippen LogP contribution in [0.15, 0.2) is 54.6 Å². The smallest absolute Gasteiger partial charge is 0.0178 e. The number of nitrogens with one attached hydrogen (secondary N) is 1. The summed E-state index contributed by atoms with van der Waals surface area (Å²) in [7, 11) is 0. The lowest BCUT2D eigenvalue weighted by Crippen LogP contribution is -2.31. The highest BCUT2D eigenvalue weighted by atomic mass is 14.9. The quantitative estimate of drug-likeness (QED) is 0.902. The van der Waals surface area contributed by atoms with E-state index in [-0.39, 0.29) is 0 Å². The zero-order valence-corrected chi connectivity index (χ0v) is 12.5. The van der Waals surface area contributed by atoms with E-state index in [1.807, 2.05) is 0 Å². The highest BCUT2D eigenvalue weighted by molar-refractivity contribution is 5.35. The van der Waals surface area contributed by atoms with Crippen LogP contribution in [-0.2, 0) is 6.54 Å². The third-order valence-electron chi connectivity index (χ3n) is 4.59. The number of hydrogen-bond acceptors (Lipinski definition) is 2. The van der Waals surface area contributed by atoms with E-state index in [0.29, 0.717) is 12.5 Å². The van der Waals surface area contributed by atoms with Crippen LogP contribution in [0.1, 0.15) is 35.4 Å². The number of rotatable bonds is 4. The third-order valence-corrected chi connectivity index (χ3v) is 4.59. The molecular formula is C19H24N2. The van der Waals surface area contributed by atoms with E-state index in [4.69, 9.17) is 5.73 Å². The van der Waals surface area contributed by atoms with Crippen molar-refractivity contribution in [2.45, 2.75) is 25.3 Å². The first-order valence-corrected chi connectivity index (χ1v) is 7.93. The molecule has 1 aliphatic rings. The molecule has 1 aliphatic heterocycles. The molecule has 0 amide bonds. The summed E-state index contributed by atoms with van der Waals surface area (Å²) in [6, 6.07) is 19.8. The monoisotopic (exact) mass is 280 g/mol. The summed E-state index contributed by atoms with van der Waals surface area (Å²) >= 11 is 0. The topological polar surface area (TPSA) is 38.0 Å². The Balaban J connectivity index is 1.94. The molecule has 0 aliphatic carbocycles. The van der Waals surface area contributed by atoms with E-state index in [1.54, 1.807) is 0 Å². The minimum absolute atomic E-state index is 0.500. The molecule has 1 saturated heterocycles. The minimum Gasteiger partial charge on any atom is -0.326 e. The van der Waals surface area contributed by atoms with Gasteiger partial charge in [-0.05, 0) is 48.5 Å². The van der Waals surface area contributed by atoms with Gasteiger partial charge in [0.2, 0.25) is 0 Å². The first-order valence-electron chi connectivity index (χ1n) is 7.93. The Hall–Kier alpha value is -1.64. The maximum Gasteiger partial charge on any atom is 0.0178 e. The highest BCUT2D eigenvalue weighted by Gasteiger charge is 2.26. The molecule has 0 aromatic heterocycles. The molecule has 0 radical (unpaired) electrons. The molecule has 2 nitrogen and oxygen atoms in total. The molecule has 0 saturated carbocycles. The number of piperidine rings is 1. The van der Waals surface area contributed by atoms with E-state index in [1.165, 1.54) is 29.5 Å². The summed E-state index contributed by atoms with van der Waals surface area (Å²) in [5.41, 5.74) is 9.78. The molecule has 1 fully saturated rings. The van der Waals surface area contributed by atoms with Crippen molar-refractivity contribution >= 4 is 0 Å². The zero-order valence-electron chi connectivity index (χ0n) is 12.5. The summed E-state index contributed by atoms with van der Waals surface area (Å²) in [4.78, 5) is 0. The SMILES string of the molecule is NCc1ccc(C(c2ccccc2)C2CCNCC2)cc1. The second-order valence-corrected chi connectivity index (χ2v) is 5.92. The Bertz CT molecular complexity index is 542. The summed E-state index contributed by atoms with van der Waals surface area (Å²) in [6.07, 6.45) is 2.50. The molecular weight excluding hydrogens is 256 g/mol. The van der Waals surface area contributed by atoms with Crippen molar-refractivity contribution in [1.29, 1.82) is 0 Å². The lowest BCUT2D eigenvalue weighted by Gasteiger charge is -2.31. The van der Waals surface area contributed by atoms with Crippen LogP contribution in [0.4, 0.5) is 0 Å². The average Bonchev–Trinajstić information content (AvgIpc) is 2.58. The van der Waals surface area contributed by atoms with Gasteiger partial charge in [-0.15, -0.1) is 0 Å². The third kappa shape index (κ3) is 3.34. The van der Waals surface area contributed by atoms with E-state index in [9.17, 15) is 0 Å². The van der Waals surface area contributed by atoms with Gasteiger partial charge in [0.15, 0.2) is 0 Å². The average molecular weight is 280 g/mol. The second kappa shape index (κ2) is 6.88. The van der Waals surface area contributed by atoms with Gasteiger partial charge >= 0.3 is 0 Å². The van der Waals surface area contributed by atoms with Gasteiger partial charge in [0.25, 0.3) is 0 Å². The molecule has 2 heteroatoms. The fourth-order valence-corrected chi connectivity index (χ4v) is 3.44. The molecule has 1 unspecified atom stereocenters.